The van der Waals surface area contributed by atoms with Crippen LogP contribution in [0.3, 0.4) is 0 Å². The predicted molar refractivity (Wildman–Crippen MR) is 78.1 cm³/mol. The first-order chi connectivity index (χ1) is 9.11. The molecule has 2 aromatic carbocycles. The van der Waals surface area contributed by atoms with E-state index in [2.05, 4.69) is 67.7 Å². The average molecular weight is 249 g/mol. The maximum atomic E-state index is 3.92. The van der Waals surface area contributed by atoms with Gasteiger partial charge >= 0.3 is 0 Å². The van der Waals surface area contributed by atoms with Gasteiger partial charge in [0.05, 0.1) is 0 Å². The Hall–Kier alpha value is -1.60. The summed E-state index contributed by atoms with van der Waals surface area (Å²) in [6, 6.07) is 17.8. The van der Waals surface area contributed by atoms with Crippen LogP contribution in [0.15, 0.2) is 48.5 Å². The molecule has 2 atom stereocenters. The molecule has 0 radical (unpaired) electrons. The summed E-state index contributed by atoms with van der Waals surface area (Å²) < 4.78 is 0. The van der Waals surface area contributed by atoms with E-state index in [1.54, 1.807) is 0 Å². The fourth-order valence-corrected chi connectivity index (χ4v) is 4.13. The molecule has 0 saturated heterocycles. The van der Waals surface area contributed by atoms with Crippen LogP contribution in [0.2, 0.25) is 0 Å². The smallest absolute Gasteiger partial charge is 0.0457 e. The van der Waals surface area contributed by atoms with Crippen molar-refractivity contribution in [3.63, 3.8) is 0 Å². The Bertz CT molecular complexity index is 604. The summed E-state index contributed by atoms with van der Waals surface area (Å²) >= 11 is 0. The van der Waals surface area contributed by atoms with Gasteiger partial charge in [-0.1, -0.05) is 48.5 Å². The highest BCUT2D eigenvalue weighted by molar-refractivity contribution is 5.49. The van der Waals surface area contributed by atoms with Crippen molar-refractivity contribution in [2.24, 2.45) is 0 Å². The quantitative estimate of drug-likeness (QED) is 0.753. The highest BCUT2D eigenvalue weighted by Crippen LogP contribution is 2.47. The lowest BCUT2D eigenvalue weighted by atomic mass is 9.79. The first-order valence-electron chi connectivity index (χ1n) is 7.07. The summed E-state index contributed by atoms with van der Waals surface area (Å²) in [5.74, 6) is 0. The molecule has 4 rings (SSSR count). The lowest BCUT2D eigenvalue weighted by Gasteiger charge is -2.29. The molecule has 19 heavy (non-hydrogen) atoms. The number of hydrogen-bond donors (Lipinski definition) is 1. The Kier molecular flexibility index (Phi) is 2.06. The molecule has 2 aliphatic heterocycles. The van der Waals surface area contributed by atoms with Gasteiger partial charge in [0.1, 0.15) is 0 Å². The van der Waals surface area contributed by atoms with Gasteiger partial charge < -0.3 is 0 Å². The molecule has 0 aromatic heterocycles. The summed E-state index contributed by atoms with van der Waals surface area (Å²) in [6.45, 7) is 4.69. The van der Waals surface area contributed by atoms with Crippen LogP contribution in [0, 0.1) is 0 Å². The molecule has 1 heteroatoms. The molecule has 0 fully saturated rings. The second kappa shape index (κ2) is 3.49. The summed E-state index contributed by atoms with van der Waals surface area (Å²) in [4.78, 5) is 0. The number of hydrogen-bond acceptors (Lipinski definition) is 1. The minimum absolute atomic E-state index is 0.0674. The Morgan fingerprint density at radius 2 is 1.16 bits per heavy atom. The zero-order chi connectivity index (χ0) is 13.1. The van der Waals surface area contributed by atoms with Gasteiger partial charge in [0, 0.05) is 11.1 Å². The molecular weight excluding hydrogens is 230 g/mol. The topological polar surface area (TPSA) is 12.0 Å². The molecule has 2 heterocycles. The third kappa shape index (κ3) is 1.45. The van der Waals surface area contributed by atoms with Gasteiger partial charge in [-0.25, -0.2) is 0 Å². The first-order valence-corrected chi connectivity index (χ1v) is 7.07. The Labute approximate surface area is 114 Å². The highest BCUT2D eigenvalue weighted by atomic mass is 15.1. The average Bonchev–Trinajstić information content (AvgIpc) is 2.53. The van der Waals surface area contributed by atoms with Crippen LogP contribution < -0.4 is 5.32 Å². The molecule has 2 aliphatic rings. The summed E-state index contributed by atoms with van der Waals surface area (Å²) in [5, 5.41) is 3.92. The number of rotatable bonds is 0. The molecule has 0 spiro atoms. The zero-order valence-corrected chi connectivity index (χ0v) is 11.5. The van der Waals surface area contributed by atoms with E-state index in [-0.39, 0.29) is 11.1 Å². The van der Waals surface area contributed by atoms with Crippen LogP contribution in [0.1, 0.15) is 36.1 Å². The van der Waals surface area contributed by atoms with Crippen LogP contribution in [-0.4, -0.2) is 0 Å². The van der Waals surface area contributed by atoms with Gasteiger partial charge in [-0.05, 0) is 48.9 Å². The van der Waals surface area contributed by atoms with Gasteiger partial charge in [-0.15, -0.1) is 0 Å². The predicted octanol–water partition coefficient (Wildman–Crippen LogP) is 3.52. The van der Waals surface area contributed by atoms with Crippen LogP contribution in [0.4, 0.5) is 0 Å². The Morgan fingerprint density at radius 3 is 1.63 bits per heavy atom. The molecule has 0 saturated carbocycles. The van der Waals surface area contributed by atoms with E-state index in [9.17, 15) is 0 Å². The fraction of sp³-hybridized carbons (Fsp3) is 0.333. The Morgan fingerprint density at radius 1 is 0.737 bits per heavy atom. The maximum absolute atomic E-state index is 3.92. The monoisotopic (exact) mass is 249 g/mol. The molecular formula is C18H19N. The molecule has 1 nitrogen and oxygen atoms in total. The summed E-state index contributed by atoms with van der Waals surface area (Å²) in [5.41, 5.74) is 6.08. The van der Waals surface area contributed by atoms with E-state index >= 15 is 0 Å². The zero-order valence-electron chi connectivity index (χ0n) is 11.5. The van der Waals surface area contributed by atoms with Crippen molar-refractivity contribution in [2.45, 2.75) is 37.8 Å². The summed E-state index contributed by atoms with van der Waals surface area (Å²) in [7, 11) is 0. The molecule has 0 aliphatic carbocycles. The number of nitrogens with one attached hydrogen (secondary N) is 1. The Balaban J connectivity index is 1.97. The minimum atomic E-state index is 0.0674. The number of benzene rings is 2. The lowest BCUT2D eigenvalue weighted by Crippen LogP contribution is -2.44. The van der Waals surface area contributed by atoms with Gasteiger partial charge in [0.15, 0.2) is 0 Å². The van der Waals surface area contributed by atoms with E-state index in [0.29, 0.717) is 0 Å². The van der Waals surface area contributed by atoms with Crippen molar-refractivity contribution < 1.29 is 0 Å². The van der Waals surface area contributed by atoms with Gasteiger partial charge in [0.25, 0.3) is 0 Å². The van der Waals surface area contributed by atoms with Gasteiger partial charge in [-0.3, -0.25) is 5.32 Å². The normalized spacial score (nSPS) is 31.5. The van der Waals surface area contributed by atoms with Crippen molar-refractivity contribution in [3.05, 3.63) is 70.8 Å². The molecule has 2 aromatic rings. The standard InChI is InChI=1S/C18H19N/c1-17-11-13-7-3-4-8-14(13)12-18(2,19-17)16-10-6-5-9-15(16)17/h3-10,19H,11-12H2,1-2H3/t17-,18+. The third-order valence-electron chi connectivity index (χ3n) is 4.87. The van der Waals surface area contributed by atoms with Crippen molar-refractivity contribution >= 4 is 0 Å². The van der Waals surface area contributed by atoms with Crippen LogP contribution in [0.25, 0.3) is 0 Å². The van der Waals surface area contributed by atoms with Crippen LogP contribution >= 0.6 is 0 Å². The van der Waals surface area contributed by atoms with Crippen molar-refractivity contribution in [2.75, 3.05) is 0 Å². The van der Waals surface area contributed by atoms with Crippen LogP contribution in [-0.2, 0) is 23.9 Å². The van der Waals surface area contributed by atoms with Gasteiger partial charge in [0.2, 0.25) is 0 Å². The second-order valence-corrected chi connectivity index (χ2v) is 6.46. The van der Waals surface area contributed by atoms with Crippen molar-refractivity contribution in [1.29, 1.82) is 0 Å². The molecule has 1 N–H and O–H groups in total. The lowest BCUT2D eigenvalue weighted by molar-refractivity contribution is 0.288. The molecule has 96 valence electrons. The van der Waals surface area contributed by atoms with Crippen molar-refractivity contribution in [1.82, 2.24) is 5.32 Å². The fourth-order valence-electron chi connectivity index (χ4n) is 4.13. The van der Waals surface area contributed by atoms with E-state index in [0.717, 1.165) is 12.8 Å². The minimum Gasteiger partial charge on any atom is -0.298 e. The maximum Gasteiger partial charge on any atom is 0.0457 e. The highest BCUT2D eigenvalue weighted by Gasteiger charge is 2.48. The molecule has 0 amide bonds. The van der Waals surface area contributed by atoms with Crippen LogP contribution in [0.5, 0.6) is 0 Å². The van der Waals surface area contributed by atoms with Gasteiger partial charge in [-0.2, -0.15) is 0 Å². The largest absolute Gasteiger partial charge is 0.298 e. The first kappa shape index (κ1) is 11.2. The van der Waals surface area contributed by atoms with E-state index in [4.69, 9.17) is 0 Å². The van der Waals surface area contributed by atoms with Crippen molar-refractivity contribution in [3.8, 4) is 0 Å². The summed E-state index contributed by atoms with van der Waals surface area (Å²) in [6.07, 6.45) is 2.16. The second-order valence-electron chi connectivity index (χ2n) is 6.46. The van der Waals surface area contributed by atoms with E-state index < -0.39 is 0 Å². The third-order valence-corrected chi connectivity index (χ3v) is 4.87. The number of fused-ring (bicyclic) bond motifs is 6. The SMILES string of the molecule is C[C@]12Cc3ccccc3C[C@](C)(N1)c1ccccc12. The van der Waals surface area contributed by atoms with E-state index in [1.165, 1.54) is 22.3 Å². The molecule has 2 bridgehead atoms. The van der Waals surface area contributed by atoms with E-state index in [1.807, 2.05) is 0 Å². The molecule has 0 unspecified atom stereocenters.